The summed E-state index contributed by atoms with van der Waals surface area (Å²) in [5.41, 5.74) is 6.36. The Kier molecular flexibility index (Phi) is 20.3. The van der Waals surface area contributed by atoms with E-state index >= 15 is 0 Å². The summed E-state index contributed by atoms with van der Waals surface area (Å²) < 4.78 is 42.2. The number of aromatic nitrogens is 5. The van der Waals surface area contributed by atoms with Gasteiger partial charge in [0.15, 0.2) is 0 Å². The second-order valence-corrected chi connectivity index (χ2v) is 31.2. The van der Waals surface area contributed by atoms with Crippen molar-refractivity contribution >= 4 is 49.2 Å². The van der Waals surface area contributed by atoms with Gasteiger partial charge in [-0.05, 0) is 116 Å². The van der Waals surface area contributed by atoms with Gasteiger partial charge in [0.2, 0.25) is 17.7 Å². The third-order valence-corrected chi connectivity index (χ3v) is 19.9. The first-order valence-corrected chi connectivity index (χ1v) is 31.9. The predicted molar refractivity (Wildman–Crippen MR) is 324 cm³/mol. The number of benzene rings is 2. The Hall–Kier alpha value is -7.44. The van der Waals surface area contributed by atoms with Crippen molar-refractivity contribution in [1.82, 2.24) is 45.4 Å². The number of aliphatic hydroxyl groups is 1. The first kappa shape index (κ1) is 64.1. The quantitative estimate of drug-likeness (QED) is 0.0476. The Morgan fingerprint density at radius 3 is 2.15 bits per heavy atom. The summed E-state index contributed by atoms with van der Waals surface area (Å²) in [5.74, 6) is 3.40. The summed E-state index contributed by atoms with van der Waals surface area (Å²) in [6.07, 6.45) is 1.11. The van der Waals surface area contributed by atoms with E-state index in [2.05, 4.69) is 81.5 Å². The summed E-state index contributed by atoms with van der Waals surface area (Å²) in [6.45, 7) is 29.8. The van der Waals surface area contributed by atoms with E-state index in [4.69, 9.17) is 14.5 Å². The smallest absolute Gasteiger partial charge is 0.407 e. The van der Waals surface area contributed by atoms with Gasteiger partial charge in [0.1, 0.15) is 49.8 Å². The second-order valence-electron chi connectivity index (χ2n) is 26.2. The molecule has 0 spiro atoms. The lowest BCUT2D eigenvalue weighted by atomic mass is 9.88. The lowest BCUT2D eigenvalue weighted by molar-refractivity contribution is -0.143. The Morgan fingerprint density at radius 2 is 1.56 bits per heavy atom. The number of β-amino-alcohol motifs (C(OH)–C–C–N with tert-alkyl or cyclic N) is 1. The highest BCUT2D eigenvalue weighted by Crippen LogP contribution is 2.37. The monoisotopic (exact) mass is 1170 g/mol. The number of ether oxygens (including phenoxy) is 2. The number of anilines is 3. The normalized spacial score (nSPS) is 17.1. The van der Waals surface area contributed by atoms with Crippen LogP contribution in [0.1, 0.15) is 136 Å². The van der Waals surface area contributed by atoms with Crippen LogP contribution in [0.3, 0.4) is 0 Å². The van der Waals surface area contributed by atoms with Crippen LogP contribution in [0.15, 0.2) is 85.3 Å². The van der Waals surface area contributed by atoms with Crippen LogP contribution in [0.5, 0.6) is 5.75 Å². The van der Waals surface area contributed by atoms with Crippen molar-refractivity contribution in [3.05, 3.63) is 108 Å². The molecule has 21 heteroatoms. The number of pyridine rings is 2. The van der Waals surface area contributed by atoms with E-state index in [0.717, 1.165) is 5.56 Å². The average Bonchev–Trinajstić information content (AvgIpc) is 3.58. The van der Waals surface area contributed by atoms with Gasteiger partial charge in [-0.1, -0.05) is 97.8 Å². The number of hydrogen-bond donors (Lipinski definition) is 4. The molecular formula is C63H85F2N11O7Si. The van der Waals surface area contributed by atoms with Crippen molar-refractivity contribution in [3.63, 3.8) is 0 Å². The number of aryl methyl sites for hydroxylation is 1. The van der Waals surface area contributed by atoms with Crippen LogP contribution >= 0.6 is 0 Å². The molecule has 5 heterocycles. The lowest BCUT2D eigenvalue weighted by Gasteiger charge is -2.36. The van der Waals surface area contributed by atoms with Crippen LogP contribution in [0.4, 0.5) is 30.9 Å². The highest BCUT2D eigenvalue weighted by atomic mass is 28.3. The van der Waals surface area contributed by atoms with Gasteiger partial charge in [-0.15, -0.1) is 10.6 Å². The number of likely N-dealkylation sites (tertiary alicyclic amines) is 1. The van der Waals surface area contributed by atoms with Crippen LogP contribution in [-0.4, -0.2) is 135 Å². The van der Waals surface area contributed by atoms with Gasteiger partial charge >= 0.3 is 6.09 Å². The zero-order valence-electron chi connectivity index (χ0n) is 51.2. The molecule has 18 nitrogen and oxygen atoms in total. The van der Waals surface area contributed by atoms with Gasteiger partial charge in [-0.3, -0.25) is 14.4 Å². The summed E-state index contributed by atoms with van der Waals surface area (Å²) in [7, 11) is -1.90. The van der Waals surface area contributed by atoms with Crippen molar-refractivity contribution in [2.45, 2.75) is 163 Å². The number of piperazine rings is 1. The fourth-order valence-corrected chi connectivity index (χ4v) is 10.8. The SMILES string of the molecule is Cc1cn(C(C(=O)N2C[C@H](O)C[C@H]2C(=O)N[C@@H](CC(=O)N2CCN(c3ccc(Nc4cc(-c5ccc(OC[C@H](CC(C)(C)C)NC(=O)OC(C)(C)C)c(C(F)F)c5)ccn4)cn3)CC2)c2ccc(C#C[Si](C)(C)C(C)(C)C)cc2)C(C)C)nn1. The largest absolute Gasteiger partial charge is 0.491 e. The molecule has 2 aromatic carbocycles. The topological polar surface area (TPSA) is 209 Å². The summed E-state index contributed by atoms with van der Waals surface area (Å²) in [5, 5.41) is 28.5. The molecule has 2 saturated heterocycles. The highest BCUT2D eigenvalue weighted by molar-refractivity contribution is 6.87. The number of carbonyl (C=O) groups is 4. The van der Waals surface area contributed by atoms with Crippen LogP contribution in [-0.2, 0) is 19.1 Å². The van der Waals surface area contributed by atoms with E-state index < -0.39 is 62.4 Å². The van der Waals surface area contributed by atoms with Crippen molar-refractivity contribution in [3.8, 4) is 28.3 Å². The predicted octanol–water partition coefficient (Wildman–Crippen LogP) is 10.6. The van der Waals surface area contributed by atoms with Crippen LogP contribution < -0.4 is 25.6 Å². The van der Waals surface area contributed by atoms with Crippen LogP contribution in [0.2, 0.25) is 18.1 Å². The molecular weight excluding hydrogens is 1090 g/mol. The minimum Gasteiger partial charge on any atom is -0.491 e. The number of nitrogens with zero attached hydrogens (tertiary/aromatic N) is 8. The zero-order chi connectivity index (χ0) is 61.5. The average molecular weight is 1170 g/mol. The summed E-state index contributed by atoms with van der Waals surface area (Å²) >= 11 is 0. The first-order valence-electron chi connectivity index (χ1n) is 28.9. The summed E-state index contributed by atoms with van der Waals surface area (Å²) in [6, 6.07) is 16.5. The van der Waals surface area contributed by atoms with E-state index in [1.165, 1.54) is 21.7 Å². The molecule has 0 saturated carbocycles. The summed E-state index contributed by atoms with van der Waals surface area (Å²) in [4.78, 5) is 70.2. The molecule has 0 bridgehead atoms. The van der Waals surface area contributed by atoms with E-state index in [1.807, 2.05) is 71.0 Å². The van der Waals surface area contributed by atoms with E-state index in [0.29, 0.717) is 72.3 Å². The fourth-order valence-electron chi connectivity index (χ4n) is 9.96. The lowest BCUT2D eigenvalue weighted by Crippen LogP contribution is -2.51. The molecule has 2 aliphatic heterocycles. The minimum absolute atomic E-state index is 0.0154. The van der Waals surface area contributed by atoms with Crippen molar-refractivity contribution in [1.29, 1.82) is 0 Å². The number of amides is 4. The standard InChI is InChI=1S/C63H85F2N11O7Si/c1-40(2)56(76-37-41(3)71-72-76)59(80)75-38-48(77)33-51(75)58(79)70-50(43-17-15-42(16-18-43)24-30-84(13,14)63(10,11)12)34-55(78)74-28-26-73(27-29-74)54-22-20-46(36-67-54)68-53-32-45(23-25-66-53)44-19-21-52(49(31-44)57(64)65)82-39-47(35-61(4,5)6)69-60(81)83-62(7,8)9/h15-23,25,31-32,36-37,40,47-48,50-51,56-57,77H,26-29,33-35,38-39H2,1-14H3,(H,66,68)(H,69,81)(H,70,79)/t47-,48+,50-,51-,56?/m0/s1. The number of alkyl carbamates (subject to hydrolysis) is 1. The zero-order valence-corrected chi connectivity index (χ0v) is 52.2. The van der Waals surface area contributed by atoms with E-state index in [-0.39, 0.29) is 65.5 Å². The Bertz CT molecular complexity index is 3150. The maximum atomic E-state index is 14.6. The van der Waals surface area contributed by atoms with Gasteiger partial charge < -0.3 is 45.2 Å². The van der Waals surface area contributed by atoms with Gasteiger partial charge in [0.05, 0.1) is 47.8 Å². The number of carbonyl (C=O) groups excluding carboxylic acids is 4. The molecule has 84 heavy (non-hydrogen) atoms. The number of aliphatic hydroxyl groups excluding tert-OH is 1. The molecule has 7 rings (SSSR count). The number of hydrogen-bond acceptors (Lipinski definition) is 13. The molecule has 0 aliphatic carbocycles. The van der Waals surface area contributed by atoms with E-state index in [9.17, 15) is 33.1 Å². The number of nitrogens with one attached hydrogen (secondary N) is 3. The Morgan fingerprint density at radius 1 is 0.869 bits per heavy atom. The van der Waals surface area contributed by atoms with Crippen molar-refractivity contribution in [2.24, 2.45) is 11.3 Å². The molecule has 1 unspecified atom stereocenters. The fraction of sp³-hybridized carbons (Fsp3) is 0.524. The molecule has 452 valence electrons. The molecule has 4 N–H and O–H groups in total. The van der Waals surface area contributed by atoms with Crippen LogP contribution in [0, 0.1) is 29.7 Å². The van der Waals surface area contributed by atoms with Crippen LogP contribution in [0.25, 0.3) is 11.1 Å². The third-order valence-electron chi connectivity index (χ3n) is 15.4. The third kappa shape index (κ3) is 17.3. The molecule has 0 radical (unpaired) electrons. The number of rotatable bonds is 18. The molecule has 2 fully saturated rings. The molecule has 5 aromatic rings. The van der Waals surface area contributed by atoms with Gasteiger partial charge in [-0.2, -0.15) is 0 Å². The van der Waals surface area contributed by atoms with Gasteiger partial charge in [0, 0.05) is 57.1 Å². The molecule has 3 aromatic heterocycles. The Labute approximate surface area is 494 Å². The van der Waals surface area contributed by atoms with Gasteiger partial charge in [-0.25, -0.2) is 28.2 Å². The first-order chi connectivity index (χ1) is 39.3. The maximum absolute atomic E-state index is 14.6. The number of halogens is 2. The Balaban J connectivity index is 0.995. The second kappa shape index (κ2) is 26.6. The maximum Gasteiger partial charge on any atom is 0.407 e. The molecule has 2 aliphatic rings. The van der Waals surface area contributed by atoms with Crippen molar-refractivity contribution < 1.29 is 42.5 Å². The minimum atomic E-state index is -2.84. The van der Waals surface area contributed by atoms with Crippen molar-refractivity contribution in [2.75, 3.05) is 49.5 Å². The van der Waals surface area contributed by atoms with E-state index in [1.54, 1.807) is 69.4 Å². The highest BCUT2D eigenvalue weighted by Gasteiger charge is 2.44. The number of alkyl halides is 2. The van der Waals surface area contributed by atoms with Gasteiger partial charge in [0.25, 0.3) is 6.43 Å². The molecule has 5 atom stereocenters. The molecule has 4 amide bonds.